The van der Waals surface area contributed by atoms with Crippen molar-refractivity contribution in [3.8, 4) is 0 Å². The molecule has 1 atom stereocenters. The van der Waals surface area contributed by atoms with Gasteiger partial charge in [-0.25, -0.2) is 0 Å². The number of rotatable bonds is 2. The third-order valence-electron chi connectivity index (χ3n) is 4.84. The number of H-pyrrole nitrogens is 1. The maximum atomic E-state index is 13.3. The largest absolute Gasteiger partial charge is 0.361 e. The summed E-state index contributed by atoms with van der Waals surface area (Å²) in [6.07, 6.45) is 2.84. The highest BCUT2D eigenvalue weighted by Gasteiger charge is 2.34. The van der Waals surface area contributed by atoms with Crippen LogP contribution in [-0.2, 0) is 6.42 Å². The molecule has 1 unspecified atom stereocenters. The van der Waals surface area contributed by atoms with E-state index >= 15 is 0 Å². The number of benzene rings is 1. The zero-order valence-corrected chi connectivity index (χ0v) is 15.1. The molecule has 1 aromatic carbocycles. The Morgan fingerprint density at radius 2 is 2.08 bits per heavy atom. The molecular weight excluding hydrogens is 348 g/mol. The molecule has 0 fully saturated rings. The fourth-order valence-corrected chi connectivity index (χ4v) is 5.61. The van der Waals surface area contributed by atoms with Gasteiger partial charge in [0.05, 0.1) is 0 Å². The molecule has 0 bridgehead atoms. The minimum absolute atomic E-state index is 0.0400. The number of hydrogen-bond donors (Lipinski definition) is 1. The fourth-order valence-electron chi connectivity index (χ4n) is 3.61. The Morgan fingerprint density at radius 3 is 2.96 bits per heavy atom. The van der Waals surface area contributed by atoms with E-state index in [-0.39, 0.29) is 11.9 Å². The number of hydrogen-bond acceptors (Lipinski definition) is 3. The Labute approximate surface area is 153 Å². The van der Waals surface area contributed by atoms with Crippen LogP contribution in [0.1, 0.15) is 31.7 Å². The van der Waals surface area contributed by atoms with E-state index in [0.29, 0.717) is 0 Å². The molecule has 25 heavy (non-hydrogen) atoms. The van der Waals surface area contributed by atoms with E-state index in [4.69, 9.17) is 0 Å². The SMILES string of the molecule is O=C(c1ccc2[nH]ccc2c1)N1CCc2ccsc2C1c1cccs1. The molecule has 5 heteroatoms. The Morgan fingerprint density at radius 1 is 1.12 bits per heavy atom. The first-order valence-electron chi connectivity index (χ1n) is 8.29. The first-order chi connectivity index (χ1) is 12.3. The van der Waals surface area contributed by atoms with Crippen molar-refractivity contribution in [2.24, 2.45) is 0 Å². The Balaban J connectivity index is 1.58. The molecule has 0 radical (unpaired) electrons. The van der Waals surface area contributed by atoms with Crippen LogP contribution in [0.2, 0.25) is 0 Å². The van der Waals surface area contributed by atoms with E-state index < -0.39 is 0 Å². The summed E-state index contributed by atoms with van der Waals surface area (Å²) < 4.78 is 0. The molecule has 0 saturated heterocycles. The van der Waals surface area contributed by atoms with Crippen LogP contribution in [0.25, 0.3) is 10.9 Å². The molecule has 3 nitrogen and oxygen atoms in total. The van der Waals surface area contributed by atoms with Crippen LogP contribution >= 0.6 is 22.7 Å². The molecule has 1 amide bonds. The van der Waals surface area contributed by atoms with Crippen LogP contribution in [0.5, 0.6) is 0 Å². The van der Waals surface area contributed by atoms with E-state index in [0.717, 1.165) is 29.4 Å². The van der Waals surface area contributed by atoms with Crippen molar-refractivity contribution < 1.29 is 4.79 Å². The predicted molar refractivity (Wildman–Crippen MR) is 104 cm³/mol. The molecule has 1 aliphatic heterocycles. The van der Waals surface area contributed by atoms with Gasteiger partial charge in [0.1, 0.15) is 6.04 Å². The summed E-state index contributed by atoms with van der Waals surface area (Å²) in [5, 5.41) is 5.31. The summed E-state index contributed by atoms with van der Waals surface area (Å²) in [4.78, 5) is 21.1. The number of carbonyl (C=O) groups is 1. The van der Waals surface area contributed by atoms with E-state index in [1.807, 2.05) is 35.4 Å². The van der Waals surface area contributed by atoms with Gasteiger partial charge in [-0.1, -0.05) is 6.07 Å². The summed E-state index contributed by atoms with van der Waals surface area (Å²) >= 11 is 3.48. The van der Waals surface area contributed by atoms with Gasteiger partial charge in [-0.05, 0) is 59.1 Å². The monoisotopic (exact) mass is 364 g/mol. The van der Waals surface area contributed by atoms with Gasteiger partial charge in [0.2, 0.25) is 0 Å². The van der Waals surface area contributed by atoms with E-state index in [1.165, 1.54) is 15.3 Å². The number of carbonyl (C=O) groups excluding carboxylic acids is 1. The zero-order chi connectivity index (χ0) is 16.8. The highest BCUT2D eigenvalue weighted by atomic mass is 32.1. The summed E-state index contributed by atoms with van der Waals surface area (Å²) in [6, 6.07) is 14.4. The fraction of sp³-hybridized carbons (Fsp3) is 0.150. The Kier molecular flexibility index (Phi) is 3.50. The lowest BCUT2D eigenvalue weighted by Crippen LogP contribution is -2.39. The third-order valence-corrected chi connectivity index (χ3v) is 6.77. The maximum absolute atomic E-state index is 13.3. The predicted octanol–water partition coefficient (Wildman–Crippen LogP) is 5.08. The minimum Gasteiger partial charge on any atom is -0.361 e. The van der Waals surface area contributed by atoms with Gasteiger partial charge in [0.15, 0.2) is 0 Å². The van der Waals surface area contributed by atoms with Crippen LogP contribution in [-0.4, -0.2) is 22.3 Å². The number of thiophene rings is 2. The van der Waals surface area contributed by atoms with Gasteiger partial charge in [-0.15, -0.1) is 22.7 Å². The molecule has 4 aromatic rings. The average Bonchev–Trinajstić information content (AvgIpc) is 3.40. The number of nitrogens with one attached hydrogen (secondary N) is 1. The van der Waals surface area contributed by atoms with Crippen molar-refractivity contribution in [1.82, 2.24) is 9.88 Å². The average molecular weight is 364 g/mol. The summed E-state index contributed by atoms with van der Waals surface area (Å²) in [6.45, 7) is 0.760. The lowest BCUT2D eigenvalue weighted by atomic mass is 9.99. The van der Waals surface area contributed by atoms with Gasteiger partial charge < -0.3 is 9.88 Å². The van der Waals surface area contributed by atoms with Crippen molar-refractivity contribution in [2.45, 2.75) is 12.5 Å². The van der Waals surface area contributed by atoms with Gasteiger partial charge in [-0.3, -0.25) is 4.79 Å². The van der Waals surface area contributed by atoms with E-state index in [1.54, 1.807) is 22.7 Å². The highest BCUT2D eigenvalue weighted by Crippen LogP contribution is 2.40. The molecule has 3 aromatic heterocycles. The number of nitrogens with zero attached hydrogens (tertiary/aromatic N) is 1. The topological polar surface area (TPSA) is 36.1 Å². The molecule has 1 N–H and O–H groups in total. The quantitative estimate of drug-likeness (QED) is 0.529. The number of aromatic amines is 1. The Bertz CT molecular complexity index is 1040. The molecule has 4 heterocycles. The normalized spacial score (nSPS) is 17.0. The third kappa shape index (κ3) is 2.42. The summed E-state index contributed by atoms with van der Waals surface area (Å²) in [5.41, 5.74) is 3.20. The lowest BCUT2D eigenvalue weighted by molar-refractivity contribution is 0.0701. The molecule has 0 aliphatic carbocycles. The van der Waals surface area contributed by atoms with Crippen LogP contribution in [0, 0.1) is 0 Å². The first-order valence-corrected chi connectivity index (χ1v) is 10.0. The van der Waals surface area contributed by atoms with Gasteiger partial charge in [0, 0.05) is 39.0 Å². The van der Waals surface area contributed by atoms with Crippen molar-refractivity contribution >= 4 is 39.5 Å². The summed E-state index contributed by atoms with van der Waals surface area (Å²) in [7, 11) is 0. The van der Waals surface area contributed by atoms with Crippen LogP contribution in [0.15, 0.2) is 59.4 Å². The summed E-state index contributed by atoms with van der Waals surface area (Å²) in [5.74, 6) is 0.112. The molecule has 0 spiro atoms. The first kappa shape index (κ1) is 14.9. The number of amides is 1. The van der Waals surface area contributed by atoms with E-state index in [9.17, 15) is 4.79 Å². The van der Waals surface area contributed by atoms with Gasteiger partial charge in [0.25, 0.3) is 5.91 Å². The van der Waals surface area contributed by atoms with Crippen molar-refractivity contribution in [3.63, 3.8) is 0 Å². The van der Waals surface area contributed by atoms with Crippen LogP contribution in [0.4, 0.5) is 0 Å². The second kappa shape index (κ2) is 5.86. The zero-order valence-electron chi connectivity index (χ0n) is 13.4. The second-order valence-electron chi connectivity index (χ2n) is 6.26. The molecule has 124 valence electrons. The lowest BCUT2D eigenvalue weighted by Gasteiger charge is -2.35. The maximum Gasteiger partial charge on any atom is 0.254 e. The van der Waals surface area contributed by atoms with Gasteiger partial charge >= 0.3 is 0 Å². The standard InChI is InChI=1S/C20H16N2OS2/c23-20(15-3-4-16-14(12-15)5-8-21-16)22-9-6-13-7-11-25-19(13)18(22)17-2-1-10-24-17/h1-5,7-8,10-12,18,21H,6,9H2. The Hall–Kier alpha value is -2.37. The molecule has 5 rings (SSSR count). The van der Waals surface area contributed by atoms with Crippen LogP contribution in [0.3, 0.4) is 0 Å². The molecular formula is C20H16N2OS2. The van der Waals surface area contributed by atoms with Crippen LogP contribution < -0.4 is 0 Å². The minimum atomic E-state index is 0.0400. The molecule has 1 aliphatic rings. The van der Waals surface area contributed by atoms with Gasteiger partial charge in [-0.2, -0.15) is 0 Å². The van der Waals surface area contributed by atoms with Crippen molar-refractivity contribution in [2.75, 3.05) is 6.54 Å². The number of fused-ring (bicyclic) bond motifs is 2. The number of aromatic nitrogens is 1. The second-order valence-corrected chi connectivity index (χ2v) is 8.18. The molecule has 0 saturated carbocycles. The smallest absolute Gasteiger partial charge is 0.254 e. The van der Waals surface area contributed by atoms with E-state index in [2.05, 4.69) is 33.9 Å². The van der Waals surface area contributed by atoms with Crippen molar-refractivity contribution in [3.05, 3.63) is 80.3 Å². The van der Waals surface area contributed by atoms with Crippen molar-refractivity contribution in [1.29, 1.82) is 0 Å². The highest BCUT2D eigenvalue weighted by molar-refractivity contribution is 7.11.